The number of carboxylic acid groups (broad SMARTS) is 2. The van der Waals surface area contributed by atoms with E-state index >= 15 is 0 Å². The fourth-order valence-corrected chi connectivity index (χ4v) is 0.865. The molecule has 0 saturated carbocycles. The molecule has 0 unspecified atom stereocenters. The first-order valence-corrected chi connectivity index (χ1v) is 2.88. The van der Waals surface area contributed by atoms with Gasteiger partial charge in [0.25, 0.3) is 0 Å². The van der Waals surface area contributed by atoms with E-state index in [4.69, 9.17) is 0 Å². The quantitative estimate of drug-likeness (QED) is 0.420. The molecule has 2 N–H and O–H groups in total. The van der Waals surface area contributed by atoms with E-state index in [2.05, 4.69) is 0 Å². The Balaban J connectivity index is 2.31. The molecule has 10 heavy (non-hydrogen) atoms. The van der Waals surface area contributed by atoms with Crippen LogP contribution in [0.1, 0.15) is 6.42 Å². The van der Waals surface area contributed by atoms with Gasteiger partial charge in [-0.15, -0.1) is 0 Å². The Morgan fingerprint density at radius 3 is 1.70 bits per heavy atom. The molecule has 56 valence electrons. The standard InChI is InChI=1S/C5H7NO4/c7-4(8)2-1-3(6-2)5(9)10/h2-3,6H,1H2,(H,7,8)(H,9,10)/p-1/t2-,3-/m0/s1. The molecule has 2 atom stereocenters. The fraction of sp³-hybridized carbons (Fsp3) is 0.600. The van der Waals surface area contributed by atoms with Gasteiger partial charge in [0, 0.05) is 0 Å². The van der Waals surface area contributed by atoms with Crippen molar-refractivity contribution in [1.82, 2.24) is 0 Å². The lowest BCUT2D eigenvalue weighted by Crippen LogP contribution is -3.08. The number of nitrogens with two attached hydrogens (primary N) is 1. The van der Waals surface area contributed by atoms with Crippen LogP contribution in [0.4, 0.5) is 0 Å². The van der Waals surface area contributed by atoms with Crippen LogP contribution in [-0.4, -0.2) is 24.0 Å². The van der Waals surface area contributed by atoms with Gasteiger partial charge in [-0.05, 0) is 0 Å². The second-order valence-electron chi connectivity index (χ2n) is 2.28. The zero-order valence-corrected chi connectivity index (χ0v) is 5.07. The van der Waals surface area contributed by atoms with Crippen molar-refractivity contribution in [3.05, 3.63) is 0 Å². The molecule has 0 amide bonds. The summed E-state index contributed by atoms with van der Waals surface area (Å²) in [6.07, 6.45) is 0.116. The van der Waals surface area contributed by atoms with E-state index in [9.17, 15) is 19.8 Å². The van der Waals surface area contributed by atoms with Gasteiger partial charge in [0.15, 0.2) is 0 Å². The van der Waals surface area contributed by atoms with Gasteiger partial charge >= 0.3 is 0 Å². The van der Waals surface area contributed by atoms with Gasteiger partial charge in [-0.1, -0.05) is 0 Å². The lowest BCUT2D eigenvalue weighted by molar-refractivity contribution is -0.763. The highest BCUT2D eigenvalue weighted by Gasteiger charge is 2.34. The topological polar surface area (TPSA) is 96.9 Å². The Morgan fingerprint density at radius 1 is 1.20 bits per heavy atom. The average molecular weight is 144 g/mol. The number of quaternary nitrogens is 1. The molecule has 0 bridgehead atoms. The van der Waals surface area contributed by atoms with Gasteiger partial charge in [0.05, 0.1) is 18.4 Å². The highest BCUT2D eigenvalue weighted by molar-refractivity contribution is 5.76. The van der Waals surface area contributed by atoms with E-state index in [1.807, 2.05) is 0 Å². The summed E-state index contributed by atoms with van der Waals surface area (Å²) < 4.78 is 0. The van der Waals surface area contributed by atoms with Crippen LogP contribution in [0.2, 0.25) is 0 Å². The van der Waals surface area contributed by atoms with Gasteiger partial charge in [-0.25, -0.2) is 0 Å². The second kappa shape index (κ2) is 2.26. The van der Waals surface area contributed by atoms with Crippen molar-refractivity contribution in [2.24, 2.45) is 0 Å². The summed E-state index contributed by atoms with van der Waals surface area (Å²) in [6, 6.07) is -1.38. The van der Waals surface area contributed by atoms with Crippen LogP contribution in [0.25, 0.3) is 0 Å². The third-order valence-corrected chi connectivity index (χ3v) is 1.58. The number of rotatable bonds is 2. The smallest absolute Gasteiger partial charge is 0.133 e. The SMILES string of the molecule is O=C([O-])[C@@H]1C[C@@H](C(=O)[O-])[NH2+]1. The van der Waals surface area contributed by atoms with Gasteiger partial charge in [-0.2, -0.15) is 0 Å². The van der Waals surface area contributed by atoms with Gasteiger partial charge < -0.3 is 25.1 Å². The minimum Gasteiger partial charge on any atom is -0.544 e. The van der Waals surface area contributed by atoms with Crippen molar-refractivity contribution in [1.29, 1.82) is 0 Å². The summed E-state index contributed by atoms with van der Waals surface area (Å²) in [5.41, 5.74) is 0. The molecule has 1 rings (SSSR count). The Kier molecular flexibility index (Phi) is 1.58. The minimum atomic E-state index is -1.21. The Bertz CT molecular complexity index is 154. The van der Waals surface area contributed by atoms with Crippen molar-refractivity contribution >= 4 is 11.9 Å². The molecule has 0 aromatic rings. The number of carbonyl (C=O) groups is 2. The van der Waals surface area contributed by atoms with E-state index in [1.54, 1.807) is 0 Å². The zero-order valence-electron chi connectivity index (χ0n) is 5.07. The first-order chi connectivity index (χ1) is 4.61. The Labute approximate surface area is 56.7 Å². The maximum Gasteiger partial charge on any atom is 0.133 e. The molecule has 0 aromatic carbocycles. The summed E-state index contributed by atoms with van der Waals surface area (Å²) in [4.78, 5) is 20.0. The second-order valence-corrected chi connectivity index (χ2v) is 2.28. The normalized spacial score (nSPS) is 30.8. The van der Waals surface area contributed by atoms with Crippen LogP contribution in [0.15, 0.2) is 0 Å². The van der Waals surface area contributed by atoms with Crippen LogP contribution >= 0.6 is 0 Å². The van der Waals surface area contributed by atoms with Gasteiger partial charge in [0.2, 0.25) is 0 Å². The highest BCUT2D eigenvalue weighted by Crippen LogP contribution is 1.98. The molecule has 1 heterocycles. The van der Waals surface area contributed by atoms with Crippen molar-refractivity contribution in [3.63, 3.8) is 0 Å². The van der Waals surface area contributed by atoms with E-state index < -0.39 is 24.0 Å². The Morgan fingerprint density at radius 2 is 1.50 bits per heavy atom. The molecule has 1 aliphatic heterocycles. The van der Waals surface area contributed by atoms with Crippen molar-refractivity contribution in [3.8, 4) is 0 Å². The van der Waals surface area contributed by atoms with Crippen LogP contribution in [0, 0.1) is 0 Å². The maximum absolute atomic E-state index is 9.99. The van der Waals surface area contributed by atoms with E-state index in [1.165, 1.54) is 5.32 Å². The van der Waals surface area contributed by atoms with Crippen molar-refractivity contribution < 1.29 is 25.1 Å². The van der Waals surface area contributed by atoms with Gasteiger partial charge in [0.1, 0.15) is 12.1 Å². The molecule has 0 radical (unpaired) electrons. The highest BCUT2D eigenvalue weighted by atomic mass is 16.4. The molecule has 5 heteroatoms. The molecule has 1 saturated heterocycles. The first kappa shape index (κ1) is 7.01. The van der Waals surface area contributed by atoms with E-state index in [-0.39, 0.29) is 6.42 Å². The Hall–Kier alpha value is -1.10. The fourth-order valence-electron chi connectivity index (χ4n) is 0.865. The number of hydrogen-bond acceptors (Lipinski definition) is 4. The number of carboxylic acids is 2. The number of carbonyl (C=O) groups excluding carboxylic acids is 2. The summed E-state index contributed by atoms with van der Waals surface area (Å²) in [5, 5.41) is 21.2. The molecular weight excluding hydrogens is 138 g/mol. The predicted molar refractivity (Wildman–Crippen MR) is 24.1 cm³/mol. The molecule has 0 spiro atoms. The van der Waals surface area contributed by atoms with E-state index in [0.717, 1.165) is 0 Å². The van der Waals surface area contributed by atoms with Crippen LogP contribution in [0.5, 0.6) is 0 Å². The van der Waals surface area contributed by atoms with Crippen LogP contribution in [0.3, 0.4) is 0 Å². The lowest BCUT2D eigenvalue weighted by atomic mass is 9.98. The first-order valence-electron chi connectivity index (χ1n) is 2.88. The maximum atomic E-state index is 9.99. The number of hydrogen-bond donors (Lipinski definition) is 1. The summed E-state index contributed by atoms with van der Waals surface area (Å²) in [7, 11) is 0. The predicted octanol–water partition coefficient (Wildman–Crippen LogP) is -4.81. The van der Waals surface area contributed by atoms with E-state index in [0.29, 0.717) is 0 Å². The summed E-state index contributed by atoms with van der Waals surface area (Å²) >= 11 is 0. The molecule has 1 fully saturated rings. The van der Waals surface area contributed by atoms with Gasteiger partial charge in [-0.3, -0.25) is 0 Å². The largest absolute Gasteiger partial charge is 0.544 e. The minimum absolute atomic E-state index is 0.116. The number of aliphatic carboxylic acids is 2. The molecular formula is C5H6NO4-. The molecule has 0 aromatic heterocycles. The monoisotopic (exact) mass is 144 g/mol. The summed E-state index contributed by atoms with van der Waals surface area (Å²) in [5.74, 6) is -2.42. The third kappa shape index (κ3) is 1.08. The average Bonchev–Trinajstić information content (AvgIpc) is 1.56. The zero-order chi connectivity index (χ0) is 7.72. The molecule has 1 aliphatic rings. The van der Waals surface area contributed by atoms with Crippen molar-refractivity contribution in [2.75, 3.05) is 0 Å². The third-order valence-electron chi connectivity index (χ3n) is 1.58. The summed E-state index contributed by atoms with van der Waals surface area (Å²) in [6.45, 7) is 0. The molecule has 5 nitrogen and oxygen atoms in total. The molecule has 0 aliphatic carbocycles. The van der Waals surface area contributed by atoms with Crippen molar-refractivity contribution in [2.45, 2.75) is 18.5 Å². The lowest BCUT2D eigenvalue weighted by Gasteiger charge is -2.33. The van der Waals surface area contributed by atoms with Crippen LogP contribution < -0.4 is 15.5 Å². The van der Waals surface area contributed by atoms with Crippen LogP contribution in [-0.2, 0) is 9.59 Å².